The quantitative estimate of drug-likeness (QED) is 0.0559. The van der Waals surface area contributed by atoms with Crippen LogP contribution < -0.4 is 24.6 Å². The summed E-state index contributed by atoms with van der Waals surface area (Å²) in [5.41, 5.74) is 6.14. The van der Waals surface area contributed by atoms with Crippen LogP contribution in [-0.4, -0.2) is 87.1 Å². The van der Waals surface area contributed by atoms with Gasteiger partial charge < -0.3 is 29.7 Å². The van der Waals surface area contributed by atoms with Crippen molar-refractivity contribution >= 4 is 69.2 Å². The Morgan fingerprint density at radius 1 is 0.970 bits per heavy atom. The fourth-order valence-corrected chi connectivity index (χ4v) is 9.78. The second-order valence-electron chi connectivity index (χ2n) is 18.6. The molecule has 0 spiro atoms. The summed E-state index contributed by atoms with van der Waals surface area (Å²) < 4.78 is 12.0. The minimum Gasteiger partial charge on any atom is -0.493 e. The second kappa shape index (κ2) is 20.2. The van der Waals surface area contributed by atoms with Gasteiger partial charge in [0.15, 0.2) is 16.6 Å². The summed E-state index contributed by atoms with van der Waals surface area (Å²) in [5, 5.41) is 14.0. The fraction of sp³-hybridized carbons (Fsp3) is 0.365. The molecule has 348 valence electrons. The van der Waals surface area contributed by atoms with Gasteiger partial charge >= 0.3 is 0 Å². The number of carbonyl (C=O) groups is 4. The first kappa shape index (κ1) is 48.5. The molecule has 2 saturated heterocycles. The van der Waals surface area contributed by atoms with Gasteiger partial charge in [0.2, 0.25) is 5.91 Å². The van der Waals surface area contributed by atoms with Crippen LogP contribution in [0, 0.1) is 25.8 Å². The standard InChI is InChI=1S/C52H56N6O7S2/c1-32-27-38(20-23-42(32)53-8)57-49(63)52(6,7)58(50(57)66)37-18-21-40(22-19-37)64-25-10-26-65-41-12-9-11-36(28-41)47(61)55-46(51(3,4)5)48(62)56-30-39(59)29-43(56)44(60)24-15-34-13-16-35(17-14-34)45-33(2)54-31-67-45/h9,11-14,16-23,27-28,31,39,43,46,59H,10,15,24-26,29-30H2,1-7H3,(H,55,61)/t39-,43+,46-/m1/s1. The zero-order chi connectivity index (χ0) is 48.2. The summed E-state index contributed by atoms with van der Waals surface area (Å²) in [5.74, 6) is -0.0753. The number of rotatable bonds is 16. The van der Waals surface area contributed by atoms with Crippen molar-refractivity contribution < 1.29 is 33.8 Å². The van der Waals surface area contributed by atoms with Crippen LogP contribution in [0.2, 0.25) is 0 Å². The first-order valence-electron chi connectivity index (χ1n) is 22.3. The Labute approximate surface area is 401 Å². The number of nitrogens with zero attached hydrogens (tertiary/aromatic N) is 5. The van der Waals surface area contributed by atoms with E-state index in [0.29, 0.717) is 59.6 Å². The molecule has 1 aromatic heterocycles. The summed E-state index contributed by atoms with van der Waals surface area (Å²) in [7, 11) is 0. The minimum absolute atomic E-state index is 0.00790. The lowest BCUT2D eigenvalue weighted by atomic mass is 9.85. The fourth-order valence-electron chi connectivity index (χ4n) is 8.45. The number of thiocarbonyl (C=S) groups is 1. The number of Topliss-reactive ketones (excluding diaryl/α,β-unsaturated/α-hetero) is 1. The number of aromatic nitrogens is 1. The second-order valence-corrected chi connectivity index (χ2v) is 19.8. The normalized spacial score (nSPS) is 17.3. The largest absolute Gasteiger partial charge is 0.493 e. The van der Waals surface area contributed by atoms with Crippen LogP contribution in [0.3, 0.4) is 0 Å². The summed E-state index contributed by atoms with van der Waals surface area (Å²) in [6, 6.07) is 25.6. The molecule has 67 heavy (non-hydrogen) atoms. The smallest absolute Gasteiger partial charge is 0.259 e. The van der Waals surface area contributed by atoms with Crippen molar-refractivity contribution in [1.82, 2.24) is 15.2 Å². The van der Waals surface area contributed by atoms with Gasteiger partial charge in [0.25, 0.3) is 11.8 Å². The average molecular weight is 941 g/mol. The van der Waals surface area contributed by atoms with E-state index in [1.165, 1.54) is 9.80 Å². The van der Waals surface area contributed by atoms with Crippen LogP contribution in [0.15, 0.2) is 96.5 Å². The van der Waals surface area contributed by atoms with E-state index < -0.39 is 41.0 Å². The molecule has 2 fully saturated rings. The molecule has 0 saturated carbocycles. The topological polar surface area (TPSA) is 146 Å². The Bertz CT molecular complexity index is 2700. The van der Waals surface area contributed by atoms with E-state index in [4.69, 9.17) is 28.3 Å². The van der Waals surface area contributed by atoms with E-state index in [1.54, 1.807) is 53.8 Å². The highest BCUT2D eigenvalue weighted by molar-refractivity contribution is 7.81. The number of likely N-dealkylation sites (tertiary alicyclic amines) is 1. The third-order valence-electron chi connectivity index (χ3n) is 12.2. The van der Waals surface area contributed by atoms with Gasteiger partial charge in [-0.1, -0.05) is 57.2 Å². The summed E-state index contributed by atoms with van der Waals surface area (Å²) in [6.45, 7) is 21.1. The zero-order valence-corrected chi connectivity index (χ0v) is 40.5. The molecule has 3 heterocycles. The molecule has 2 aliphatic rings. The van der Waals surface area contributed by atoms with E-state index in [0.717, 1.165) is 32.9 Å². The lowest BCUT2D eigenvalue weighted by Gasteiger charge is -2.35. The Hall–Kier alpha value is -6.47. The molecule has 0 bridgehead atoms. The van der Waals surface area contributed by atoms with Crippen molar-refractivity contribution in [1.29, 1.82) is 0 Å². The van der Waals surface area contributed by atoms with Crippen molar-refractivity contribution in [3.05, 3.63) is 130 Å². The monoisotopic (exact) mass is 940 g/mol. The van der Waals surface area contributed by atoms with E-state index in [2.05, 4.69) is 15.1 Å². The van der Waals surface area contributed by atoms with Crippen molar-refractivity contribution in [2.45, 2.75) is 97.9 Å². The van der Waals surface area contributed by atoms with Crippen LogP contribution in [0.1, 0.15) is 81.1 Å². The molecular weight excluding hydrogens is 885 g/mol. The first-order valence-corrected chi connectivity index (χ1v) is 23.6. The van der Waals surface area contributed by atoms with Gasteiger partial charge in [-0.25, -0.2) is 9.83 Å². The molecule has 3 atom stereocenters. The number of nitrogens with one attached hydrogen (secondary N) is 1. The maximum absolute atomic E-state index is 14.2. The van der Waals surface area contributed by atoms with Crippen LogP contribution in [0.25, 0.3) is 15.3 Å². The number of aliphatic hydroxyl groups is 1. The van der Waals surface area contributed by atoms with Gasteiger partial charge in [0.05, 0.1) is 48.0 Å². The van der Waals surface area contributed by atoms with Crippen LogP contribution >= 0.6 is 23.6 Å². The molecule has 7 rings (SSSR count). The van der Waals surface area contributed by atoms with Gasteiger partial charge in [0, 0.05) is 42.7 Å². The van der Waals surface area contributed by atoms with E-state index in [-0.39, 0.29) is 31.1 Å². The number of hydrogen-bond acceptors (Lipinski definition) is 10. The number of aliphatic hydroxyl groups excluding tert-OH is 1. The Morgan fingerprint density at radius 3 is 2.30 bits per heavy atom. The molecule has 0 radical (unpaired) electrons. The number of carbonyl (C=O) groups excluding carboxylic acids is 4. The van der Waals surface area contributed by atoms with Gasteiger partial charge in [0.1, 0.15) is 23.1 Å². The zero-order valence-electron chi connectivity index (χ0n) is 38.9. The number of anilines is 2. The van der Waals surface area contributed by atoms with Gasteiger partial charge in [-0.05, 0) is 123 Å². The maximum Gasteiger partial charge on any atom is 0.259 e. The minimum atomic E-state index is -0.978. The van der Waals surface area contributed by atoms with Crippen molar-refractivity contribution in [3.8, 4) is 21.9 Å². The number of amides is 3. The highest BCUT2D eigenvalue weighted by Crippen LogP contribution is 2.38. The number of ketones is 1. The predicted octanol–water partition coefficient (Wildman–Crippen LogP) is 9.05. The molecule has 4 aromatic carbocycles. The number of benzene rings is 4. The van der Waals surface area contributed by atoms with Gasteiger partial charge in [-0.3, -0.25) is 24.1 Å². The van der Waals surface area contributed by atoms with Crippen LogP contribution in [0.4, 0.5) is 17.1 Å². The first-order chi connectivity index (χ1) is 31.9. The third-order valence-corrected chi connectivity index (χ3v) is 13.5. The SMILES string of the molecule is [C-]#[N+]c1ccc(N2C(=O)C(C)(C)N(c3ccc(OCCCOc4cccc(C(=O)N[C@H](C(=O)N5C[C@H](O)C[C@H]5C(=O)CCc5ccc(-c6scnc6C)cc5)C(C)(C)C)c4)cc3)C2=S)cc1C. The predicted molar refractivity (Wildman–Crippen MR) is 265 cm³/mol. The highest BCUT2D eigenvalue weighted by Gasteiger charge is 2.50. The van der Waals surface area contributed by atoms with Crippen LogP contribution in [-0.2, 0) is 20.8 Å². The number of hydrogen-bond donors (Lipinski definition) is 2. The van der Waals surface area contributed by atoms with Gasteiger partial charge in [-0.2, -0.15) is 0 Å². The van der Waals surface area contributed by atoms with Gasteiger partial charge in [-0.15, -0.1) is 11.3 Å². The Kier molecular flexibility index (Phi) is 14.6. The summed E-state index contributed by atoms with van der Waals surface area (Å²) in [6.07, 6.45) is 0.538. The molecule has 2 aliphatic heterocycles. The molecule has 0 unspecified atom stereocenters. The Morgan fingerprint density at radius 2 is 1.66 bits per heavy atom. The molecule has 2 N–H and O–H groups in total. The van der Waals surface area contributed by atoms with Crippen LogP contribution in [0.5, 0.6) is 11.5 Å². The number of β-amino-alcohol motifs (C(OH)–C–C–N with tert-alkyl or cyclic N) is 1. The van der Waals surface area contributed by atoms with E-state index in [9.17, 15) is 24.3 Å². The third kappa shape index (κ3) is 10.7. The number of aryl methyl sites for hydroxylation is 3. The molecule has 0 aliphatic carbocycles. The van der Waals surface area contributed by atoms with Crippen molar-refractivity contribution in [3.63, 3.8) is 0 Å². The van der Waals surface area contributed by atoms with E-state index in [1.807, 2.05) is 107 Å². The van der Waals surface area contributed by atoms with Crippen molar-refractivity contribution in [2.75, 3.05) is 29.6 Å². The summed E-state index contributed by atoms with van der Waals surface area (Å²) >= 11 is 7.41. The molecule has 15 heteroatoms. The molecule has 13 nitrogen and oxygen atoms in total. The number of ether oxygens (including phenoxy) is 2. The Balaban J connectivity index is 0.899. The lowest BCUT2D eigenvalue weighted by molar-refractivity contribution is -0.141. The van der Waals surface area contributed by atoms with E-state index >= 15 is 0 Å². The molecular formula is C52H56N6O7S2. The lowest BCUT2D eigenvalue weighted by Crippen LogP contribution is -2.56. The maximum atomic E-state index is 14.2. The average Bonchev–Trinajstić information content (AvgIpc) is 3.96. The molecule has 3 amide bonds. The highest BCUT2D eigenvalue weighted by atomic mass is 32.1. The molecule has 5 aromatic rings. The van der Waals surface area contributed by atoms with Crippen molar-refractivity contribution in [2.24, 2.45) is 5.41 Å². The summed E-state index contributed by atoms with van der Waals surface area (Å²) in [4.78, 5) is 69.0. The number of thiazole rings is 1.